The van der Waals surface area contributed by atoms with E-state index in [0.29, 0.717) is 6.42 Å². The standard InChI is InChI=1S/C12H22F3NO/c1-5-6-7-16(9-12(13,14)15)10(17)8-11(2,3)4/h5-9H2,1-4H3. The van der Waals surface area contributed by atoms with Gasteiger partial charge >= 0.3 is 6.18 Å². The Morgan fingerprint density at radius 3 is 2.06 bits per heavy atom. The van der Waals surface area contributed by atoms with Gasteiger partial charge in [0.25, 0.3) is 0 Å². The number of amides is 1. The summed E-state index contributed by atoms with van der Waals surface area (Å²) >= 11 is 0. The molecule has 17 heavy (non-hydrogen) atoms. The van der Waals surface area contributed by atoms with Crippen molar-refractivity contribution in [3.8, 4) is 0 Å². The van der Waals surface area contributed by atoms with Crippen LogP contribution in [0.3, 0.4) is 0 Å². The second-order valence-electron chi connectivity index (χ2n) is 5.52. The fraction of sp³-hybridized carbons (Fsp3) is 0.917. The molecule has 0 N–H and O–H groups in total. The van der Waals surface area contributed by atoms with Gasteiger partial charge < -0.3 is 4.90 Å². The van der Waals surface area contributed by atoms with Crippen LogP contribution in [-0.4, -0.2) is 30.1 Å². The minimum Gasteiger partial charge on any atom is -0.334 e. The number of hydrogen-bond acceptors (Lipinski definition) is 1. The molecule has 0 unspecified atom stereocenters. The molecule has 0 fully saturated rings. The molecule has 0 rings (SSSR count). The molecule has 0 aromatic carbocycles. The van der Waals surface area contributed by atoms with E-state index in [2.05, 4.69) is 0 Å². The maximum Gasteiger partial charge on any atom is 0.406 e. The van der Waals surface area contributed by atoms with Crippen LogP contribution in [0.15, 0.2) is 0 Å². The molecular weight excluding hydrogens is 231 g/mol. The molecule has 0 aromatic rings. The molecule has 0 aromatic heterocycles. The number of hydrogen-bond donors (Lipinski definition) is 0. The zero-order valence-electron chi connectivity index (χ0n) is 11.0. The molecule has 5 heteroatoms. The highest BCUT2D eigenvalue weighted by atomic mass is 19.4. The Labute approximate surface area is 101 Å². The molecule has 1 amide bonds. The van der Waals surface area contributed by atoms with Crippen molar-refractivity contribution in [3.05, 3.63) is 0 Å². The van der Waals surface area contributed by atoms with Gasteiger partial charge in [-0.15, -0.1) is 0 Å². The fourth-order valence-electron chi connectivity index (χ4n) is 1.42. The van der Waals surface area contributed by atoms with Gasteiger partial charge in [0.1, 0.15) is 6.54 Å². The Morgan fingerprint density at radius 1 is 1.18 bits per heavy atom. The monoisotopic (exact) mass is 253 g/mol. The summed E-state index contributed by atoms with van der Waals surface area (Å²) < 4.78 is 37.0. The predicted octanol–water partition coefficient (Wildman–Crippen LogP) is 3.61. The number of alkyl halides is 3. The quantitative estimate of drug-likeness (QED) is 0.733. The SMILES string of the molecule is CCCCN(CC(F)(F)F)C(=O)CC(C)(C)C. The van der Waals surface area contributed by atoms with Crippen LogP contribution in [0, 0.1) is 5.41 Å². The average molecular weight is 253 g/mol. The lowest BCUT2D eigenvalue weighted by atomic mass is 9.91. The normalized spacial score (nSPS) is 12.6. The summed E-state index contributed by atoms with van der Waals surface area (Å²) in [7, 11) is 0. The van der Waals surface area contributed by atoms with Crippen molar-refractivity contribution in [1.82, 2.24) is 4.90 Å². The van der Waals surface area contributed by atoms with E-state index in [1.165, 1.54) is 0 Å². The van der Waals surface area contributed by atoms with Crippen LogP contribution in [0.25, 0.3) is 0 Å². The average Bonchev–Trinajstić information content (AvgIpc) is 2.07. The highest BCUT2D eigenvalue weighted by Crippen LogP contribution is 2.22. The van der Waals surface area contributed by atoms with E-state index >= 15 is 0 Å². The number of unbranched alkanes of at least 4 members (excludes halogenated alkanes) is 1. The second-order valence-corrected chi connectivity index (χ2v) is 5.52. The summed E-state index contributed by atoms with van der Waals surface area (Å²) in [6, 6.07) is 0. The van der Waals surface area contributed by atoms with Gasteiger partial charge in [0.2, 0.25) is 5.91 Å². The Balaban J connectivity index is 4.51. The zero-order chi connectivity index (χ0) is 13.7. The van der Waals surface area contributed by atoms with Gasteiger partial charge in [-0.2, -0.15) is 13.2 Å². The van der Waals surface area contributed by atoms with Gasteiger partial charge in [0, 0.05) is 13.0 Å². The van der Waals surface area contributed by atoms with Gasteiger partial charge in [-0.1, -0.05) is 34.1 Å². The van der Waals surface area contributed by atoms with E-state index in [0.717, 1.165) is 11.3 Å². The molecule has 0 radical (unpaired) electrons. The fourth-order valence-corrected chi connectivity index (χ4v) is 1.42. The predicted molar refractivity (Wildman–Crippen MR) is 61.6 cm³/mol. The van der Waals surface area contributed by atoms with Crippen LogP contribution in [0.4, 0.5) is 13.2 Å². The van der Waals surface area contributed by atoms with Crippen molar-refractivity contribution >= 4 is 5.91 Å². The van der Waals surface area contributed by atoms with E-state index in [9.17, 15) is 18.0 Å². The summed E-state index contributed by atoms with van der Waals surface area (Å²) in [5, 5.41) is 0. The molecule has 0 aliphatic heterocycles. The smallest absolute Gasteiger partial charge is 0.334 e. The lowest BCUT2D eigenvalue weighted by Crippen LogP contribution is -2.40. The Kier molecular flexibility index (Phi) is 5.99. The first-order valence-corrected chi connectivity index (χ1v) is 5.89. The van der Waals surface area contributed by atoms with Crippen LogP contribution < -0.4 is 0 Å². The molecular formula is C12H22F3NO. The summed E-state index contributed by atoms with van der Waals surface area (Å²) in [5.74, 6) is -0.414. The second kappa shape index (κ2) is 6.26. The third-order valence-electron chi connectivity index (χ3n) is 2.19. The number of carbonyl (C=O) groups excluding carboxylic acids is 1. The molecule has 102 valence electrons. The minimum absolute atomic E-state index is 0.146. The third kappa shape index (κ3) is 9.01. The molecule has 0 bridgehead atoms. The van der Waals surface area contributed by atoms with Gasteiger partial charge in [-0.05, 0) is 11.8 Å². The molecule has 0 atom stereocenters. The summed E-state index contributed by atoms with van der Waals surface area (Å²) in [4.78, 5) is 12.7. The van der Waals surface area contributed by atoms with Crippen molar-refractivity contribution < 1.29 is 18.0 Å². The van der Waals surface area contributed by atoms with E-state index in [-0.39, 0.29) is 18.4 Å². The van der Waals surface area contributed by atoms with Gasteiger partial charge in [-0.25, -0.2) is 0 Å². The van der Waals surface area contributed by atoms with E-state index in [1.807, 2.05) is 27.7 Å². The largest absolute Gasteiger partial charge is 0.406 e. The van der Waals surface area contributed by atoms with E-state index in [4.69, 9.17) is 0 Å². The molecule has 0 aliphatic rings. The Hall–Kier alpha value is -0.740. The van der Waals surface area contributed by atoms with Crippen molar-refractivity contribution in [1.29, 1.82) is 0 Å². The van der Waals surface area contributed by atoms with Crippen LogP contribution in [0.1, 0.15) is 47.0 Å². The van der Waals surface area contributed by atoms with Crippen LogP contribution >= 0.6 is 0 Å². The first-order valence-electron chi connectivity index (χ1n) is 5.89. The lowest BCUT2D eigenvalue weighted by molar-refractivity contribution is -0.162. The summed E-state index contributed by atoms with van der Waals surface area (Å²) in [5.41, 5.74) is -0.285. The highest BCUT2D eigenvalue weighted by molar-refractivity contribution is 5.76. The molecule has 2 nitrogen and oxygen atoms in total. The van der Waals surface area contributed by atoms with Crippen molar-refractivity contribution in [3.63, 3.8) is 0 Å². The Bertz CT molecular complexity index is 243. The first kappa shape index (κ1) is 16.3. The maximum atomic E-state index is 12.3. The van der Waals surface area contributed by atoms with Gasteiger partial charge in [-0.3, -0.25) is 4.79 Å². The topological polar surface area (TPSA) is 20.3 Å². The Morgan fingerprint density at radius 2 is 1.71 bits per heavy atom. The van der Waals surface area contributed by atoms with Crippen LogP contribution in [0.5, 0.6) is 0 Å². The lowest BCUT2D eigenvalue weighted by Gasteiger charge is -2.27. The molecule has 0 heterocycles. The zero-order valence-corrected chi connectivity index (χ0v) is 11.0. The van der Waals surface area contributed by atoms with Crippen LogP contribution in [0.2, 0.25) is 0 Å². The van der Waals surface area contributed by atoms with E-state index in [1.54, 1.807) is 0 Å². The van der Waals surface area contributed by atoms with Crippen molar-refractivity contribution in [2.75, 3.05) is 13.1 Å². The number of carbonyl (C=O) groups is 1. The number of nitrogens with zero attached hydrogens (tertiary/aromatic N) is 1. The molecule has 0 saturated carbocycles. The molecule has 0 saturated heterocycles. The van der Waals surface area contributed by atoms with Gasteiger partial charge in [0.15, 0.2) is 0 Å². The number of halogens is 3. The maximum absolute atomic E-state index is 12.3. The highest BCUT2D eigenvalue weighted by Gasteiger charge is 2.33. The van der Waals surface area contributed by atoms with Gasteiger partial charge in [0.05, 0.1) is 0 Å². The first-order chi connectivity index (χ1) is 7.55. The van der Waals surface area contributed by atoms with E-state index < -0.39 is 18.6 Å². The summed E-state index contributed by atoms with van der Waals surface area (Å²) in [6.07, 6.45) is -2.79. The summed E-state index contributed by atoms with van der Waals surface area (Å²) in [6.45, 7) is 6.47. The van der Waals surface area contributed by atoms with Crippen molar-refractivity contribution in [2.24, 2.45) is 5.41 Å². The number of rotatable bonds is 5. The molecule has 0 spiro atoms. The van der Waals surface area contributed by atoms with Crippen LogP contribution in [-0.2, 0) is 4.79 Å². The minimum atomic E-state index is -4.32. The molecule has 0 aliphatic carbocycles. The third-order valence-corrected chi connectivity index (χ3v) is 2.19. The van der Waals surface area contributed by atoms with Crippen molar-refractivity contribution in [2.45, 2.75) is 53.1 Å².